The van der Waals surface area contributed by atoms with E-state index in [4.69, 9.17) is 4.74 Å². The average molecular weight is 196 g/mol. The molecule has 0 N–H and O–H groups in total. The lowest BCUT2D eigenvalue weighted by Crippen LogP contribution is -2.11. The second-order valence-electron chi connectivity index (χ2n) is 3.65. The molecule has 0 amide bonds. The lowest BCUT2D eigenvalue weighted by Gasteiger charge is -2.14. The number of halogens is 1. The molecule has 1 nitrogen and oxygen atoms in total. The largest absolute Gasteiger partial charge is 0.488 e. The molecule has 0 aliphatic carbocycles. The molecule has 78 valence electrons. The standard InChI is InChI=1S/C12H17FO/c1-4-5-10(3)14-12-7-6-9(2)8-11(12)13/h6-8,10H,4-5H2,1-3H3. The molecule has 2 heteroatoms. The second kappa shape index (κ2) is 4.99. The summed E-state index contributed by atoms with van der Waals surface area (Å²) in [6, 6.07) is 5.04. The highest BCUT2D eigenvalue weighted by Gasteiger charge is 2.07. The first-order chi connectivity index (χ1) is 6.63. The molecular weight excluding hydrogens is 179 g/mol. The Morgan fingerprint density at radius 2 is 2.14 bits per heavy atom. The lowest BCUT2D eigenvalue weighted by atomic mass is 10.2. The molecule has 0 radical (unpaired) electrons. The predicted octanol–water partition coefficient (Wildman–Crippen LogP) is 3.70. The van der Waals surface area contributed by atoms with Crippen LogP contribution in [0.2, 0.25) is 0 Å². The summed E-state index contributed by atoms with van der Waals surface area (Å²) in [5, 5.41) is 0. The summed E-state index contributed by atoms with van der Waals surface area (Å²) in [5.41, 5.74) is 0.915. The van der Waals surface area contributed by atoms with Crippen molar-refractivity contribution in [3.63, 3.8) is 0 Å². The molecule has 0 aliphatic heterocycles. The summed E-state index contributed by atoms with van der Waals surface area (Å²) in [7, 11) is 0. The van der Waals surface area contributed by atoms with Crippen molar-refractivity contribution in [3.8, 4) is 5.75 Å². The third-order valence-electron chi connectivity index (χ3n) is 2.11. The van der Waals surface area contributed by atoms with Crippen molar-refractivity contribution in [1.29, 1.82) is 0 Å². The molecule has 1 rings (SSSR count). The number of aryl methyl sites for hydroxylation is 1. The van der Waals surface area contributed by atoms with Gasteiger partial charge in [0.15, 0.2) is 11.6 Å². The topological polar surface area (TPSA) is 9.23 Å². The first kappa shape index (κ1) is 11.0. The highest BCUT2D eigenvalue weighted by molar-refractivity contribution is 5.28. The van der Waals surface area contributed by atoms with Crippen LogP contribution in [0.4, 0.5) is 4.39 Å². The van der Waals surface area contributed by atoms with E-state index in [0.717, 1.165) is 18.4 Å². The van der Waals surface area contributed by atoms with Crippen LogP contribution in [0, 0.1) is 12.7 Å². The van der Waals surface area contributed by atoms with Gasteiger partial charge in [-0.25, -0.2) is 4.39 Å². The minimum absolute atomic E-state index is 0.0807. The number of benzene rings is 1. The van der Waals surface area contributed by atoms with E-state index in [1.54, 1.807) is 6.07 Å². The van der Waals surface area contributed by atoms with Gasteiger partial charge in [-0.3, -0.25) is 0 Å². The molecule has 1 aromatic carbocycles. The van der Waals surface area contributed by atoms with Crippen LogP contribution in [0.25, 0.3) is 0 Å². The van der Waals surface area contributed by atoms with Crippen LogP contribution >= 0.6 is 0 Å². The molecular formula is C12H17FO. The number of ether oxygens (including phenoxy) is 1. The van der Waals surface area contributed by atoms with Crippen LogP contribution in [0.5, 0.6) is 5.75 Å². The monoisotopic (exact) mass is 196 g/mol. The molecule has 1 aromatic rings. The molecule has 0 bridgehead atoms. The Morgan fingerprint density at radius 3 is 2.71 bits per heavy atom. The van der Waals surface area contributed by atoms with Crippen molar-refractivity contribution in [2.45, 2.75) is 39.7 Å². The summed E-state index contributed by atoms with van der Waals surface area (Å²) in [6.07, 6.45) is 2.08. The van der Waals surface area contributed by atoms with E-state index in [9.17, 15) is 4.39 Å². The van der Waals surface area contributed by atoms with Crippen LogP contribution in [0.3, 0.4) is 0 Å². The first-order valence-electron chi connectivity index (χ1n) is 5.06. The van der Waals surface area contributed by atoms with Crippen molar-refractivity contribution in [3.05, 3.63) is 29.6 Å². The molecule has 1 atom stereocenters. The second-order valence-corrected chi connectivity index (χ2v) is 3.65. The third-order valence-corrected chi connectivity index (χ3v) is 2.11. The Morgan fingerprint density at radius 1 is 1.43 bits per heavy atom. The zero-order valence-corrected chi connectivity index (χ0v) is 9.01. The summed E-state index contributed by atoms with van der Waals surface area (Å²) in [5.74, 6) is 0.0875. The van der Waals surface area contributed by atoms with Gasteiger partial charge in [-0.05, 0) is 38.0 Å². The fourth-order valence-electron chi connectivity index (χ4n) is 1.38. The molecule has 0 spiro atoms. The van der Waals surface area contributed by atoms with Crippen LogP contribution in [-0.2, 0) is 0 Å². The summed E-state index contributed by atoms with van der Waals surface area (Å²) >= 11 is 0. The lowest BCUT2D eigenvalue weighted by molar-refractivity contribution is 0.201. The quantitative estimate of drug-likeness (QED) is 0.713. The Labute approximate surface area is 84.9 Å². The zero-order valence-electron chi connectivity index (χ0n) is 9.01. The summed E-state index contributed by atoms with van der Waals surface area (Å²) in [4.78, 5) is 0. The van der Waals surface area contributed by atoms with Crippen LogP contribution < -0.4 is 4.74 Å². The third kappa shape index (κ3) is 3.02. The van der Waals surface area contributed by atoms with Crippen molar-refractivity contribution in [2.24, 2.45) is 0 Å². The summed E-state index contributed by atoms with van der Waals surface area (Å²) < 4.78 is 18.8. The maximum Gasteiger partial charge on any atom is 0.165 e. The molecule has 1 unspecified atom stereocenters. The van der Waals surface area contributed by atoms with Gasteiger partial charge >= 0.3 is 0 Å². The molecule has 0 fully saturated rings. The predicted molar refractivity (Wildman–Crippen MR) is 56.1 cm³/mol. The Balaban J connectivity index is 2.67. The van der Waals surface area contributed by atoms with Crippen LogP contribution in [0.1, 0.15) is 32.3 Å². The Bertz CT molecular complexity index is 296. The molecule has 0 saturated carbocycles. The SMILES string of the molecule is CCCC(C)Oc1ccc(C)cc1F. The van der Waals surface area contributed by atoms with Gasteiger partial charge in [0.25, 0.3) is 0 Å². The van der Waals surface area contributed by atoms with E-state index in [1.807, 2.05) is 19.9 Å². The molecule has 14 heavy (non-hydrogen) atoms. The number of hydrogen-bond donors (Lipinski definition) is 0. The van der Waals surface area contributed by atoms with E-state index in [2.05, 4.69) is 6.92 Å². The van der Waals surface area contributed by atoms with Gasteiger partial charge in [-0.15, -0.1) is 0 Å². The van der Waals surface area contributed by atoms with E-state index in [0.29, 0.717) is 5.75 Å². The average Bonchev–Trinajstić information content (AvgIpc) is 2.10. The molecule has 0 aromatic heterocycles. The van der Waals surface area contributed by atoms with Crippen molar-refractivity contribution in [2.75, 3.05) is 0 Å². The van der Waals surface area contributed by atoms with Crippen LogP contribution in [-0.4, -0.2) is 6.10 Å². The van der Waals surface area contributed by atoms with Gasteiger partial charge in [0.2, 0.25) is 0 Å². The minimum atomic E-state index is -0.270. The highest BCUT2D eigenvalue weighted by atomic mass is 19.1. The number of hydrogen-bond acceptors (Lipinski definition) is 1. The highest BCUT2D eigenvalue weighted by Crippen LogP contribution is 2.20. The molecule has 0 heterocycles. The normalized spacial score (nSPS) is 12.6. The fourth-order valence-corrected chi connectivity index (χ4v) is 1.38. The van der Waals surface area contributed by atoms with Crippen LogP contribution in [0.15, 0.2) is 18.2 Å². The van der Waals surface area contributed by atoms with Gasteiger partial charge in [0.1, 0.15) is 0 Å². The Kier molecular flexibility index (Phi) is 3.93. The fraction of sp³-hybridized carbons (Fsp3) is 0.500. The van der Waals surface area contributed by atoms with Gasteiger partial charge in [0.05, 0.1) is 6.10 Å². The number of rotatable bonds is 4. The molecule has 0 aliphatic rings. The first-order valence-corrected chi connectivity index (χ1v) is 5.06. The van der Waals surface area contributed by atoms with E-state index >= 15 is 0 Å². The smallest absolute Gasteiger partial charge is 0.165 e. The van der Waals surface area contributed by atoms with Gasteiger partial charge in [-0.2, -0.15) is 0 Å². The van der Waals surface area contributed by atoms with Crippen molar-refractivity contribution < 1.29 is 9.13 Å². The summed E-state index contributed by atoms with van der Waals surface area (Å²) in [6.45, 7) is 5.91. The maximum atomic E-state index is 13.3. The minimum Gasteiger partial charge on any atom is -0.488 e. The van der Waals surface area contributed by atoms with Gasteiger partial charge in [-0.1, -0.05) is 19.4 Å². The van der Waals surface area contributed by atoms with Gasteiger partial charge < -0.3 is 4.74 Å². The van der Waals surface area contributed by atoms with E-state index < -0.39 is 0 Å². The maximum absolute atomic E-state index is 13.3. The van der Waals surface area contributed by atoms with E-state index in [-0.39, 0.29) is 11.9 Å². The van der Waals surface area contributed by atoms with Crippen molar-refractivity contribution >= 4 is 0 Å². The molecule has 0 saturated heterocycles. The van der Waals surface area contributed by atoms with E-state index in [1.165, 1.54) is 6.07 Å². The van der Waals surface area contributed by atoms with Gasteiger partial charge in [0, 0.05) is 0 Å². The zero-order chi connectivity index (χ0) is 10.6. The Hall–Kier alpha value is -1.05. The van der Waals surface area contributed by atoms with Crippen molar-refractivity contribution in [1.82, 2.24) is 0 Å².